The normalized spacial score (nSPS) is 15.3. The first-order chi connectivity index (χ1) is 13.5. The third-order valence-corrected chi connectivity index (χ3v) is 5.67. The number of aryl methyl sites for hydroxylation is 2. The average Bonchev–Trinajstić information content (AvgIpc) is 2.73. The van der Waals surface area contributed by atoms with Crippen molar-refractivity contribution in [2.24, 2.45) is 5.92 Å². The quantitative estimate of drug-likeness (QED) is 0.760. The molecule has 0 bridgehead atoms. The fourth-order valence-corrected chi connectivity index (χ4v) is 3.92. The van der Waals surface area contributed by atoms with Crippen LogP contribution in [0.1, 0.15) is 55.0 Å². The zero-order valence-electron chi connectivity index (χ0n) is 17.4. The molecular weight excluding hydrogens is 350 g/mol. The van der Waals surface area contributed by atoms with E-state index in [4.69, 9.17) is 9.47 Å². The van der Waals surface area contributed by atoms with Crippen molar-refractivity contribution in [2.75, 3.05) is 14.2 Å². The fraction of sp³-hybridized carbons (Fsp3) is 0.458. The van der Waals surface area contributed by atoms with E-state index in [1.54, 1.807) is 14.2 Å². The molecule has 1 aliphatic rings. The van der Waals surface area contributed by atoms with Gasteiger partial charge >= 0.3 is 0 Å². The number of amides is 1. The Morgan fingerprint density at radius 3 is 2.39 bits per heavy atom. The van der Waals surface area contributed by atoms with E-state index in [-0.39, 0.29) is 17.9 Å². The van der Waals surface area contributed by atoms with Crippen molar-refractivity contribution in [1.29, 1.82) is 0 Å². The van der Waals surface area contributed by atoms with Crippen molar-refractivity contribution >= 4 is 5.91 Å². The number of hydrogen-bond donors (Lipinski definition) is 1. The van der Waals surface area contributed by atoms with Gasteiger partial charge in [0, 0.05) is 5.92 Å². The SMILES string of the molecule is COc1ccc(CC(C)C(=O)NC(C)c2ccc3c(c2)CCCC3)cc1OC. The summed E-state index contributed by atoms with van der Waals surface area (Å²) in [6.07, 6.45) is 5.53. The Morgan fingerprint density at radius 2 is 1.68 bits per heavy atom. The molecule has 150 valence electrons. The molecule has 0 saturated heterocycles. The van der Waals surface area contributed by atoms with Crippen LogP contribution in [0.25, 0.3) is 0 Å². The largest absolute Gasteiger partial charge is 0.493 e. The molecule has 0 spiro atoms. The van der Waals surface area contributed by atoms with Gasteiger partial charge in [-0.05, 0) is 73.4 Å². The number of fused-ring (bicyclic) bond motifs is 1. The zero-order chi connectivity index (χ0) is 20.1. The van der Waals surface area contributed by atoms with E-state index in [9.17, 15) is 4.79 Å². The van der Waals surface area contributed by atoms with Gasteiger partial charge in [-0.1, -0.05) is 31.2 Å². The van der Waals surface area contributed by atoms with Gasteiger partial charge in [0.2, 0.25) is 5.91 Å². The molecule has 0 heterocycles. The second-order valence-corrected chi connectivity index (χ2v) is 7.76. The number of carbonyl (C=O) groups is 1. The molecular formula is C24H31NO3. The first-order valence-electron chi connectivity index (χ1n) is 10.1. The highest BCUT2D eigenvalue weighted by Gasteiger charge is 2.19. The highest BCUT2D eigenvalue weighted by molar-refractivity contribution is 5.79. The summed E-state index contributed by atoms with van der Waals surface area (Å²) in [5.41, 5.74) is 5.16. The van der Waals surface area contributed by atoms with E-state index in [0.717, 1.165) is 12.0 Å². The standard InChI is InChI=1S/C24H31NO3/c1-16(13-18-9-12-22(27-3)23(14-18)28-4)24(26)25-17(2)20-11-10-19-7-5-6-8-21(19)15-20/h9-12,14-17H,5-8,13H2,1-4H3,(H,25,26). The van der Waals surface area contributed by atoms with E-state index >= 15 is 0 Å². The summed E-state index contributed by atoms with van der Waals surface area (Å²) in [4.78, 5) is 12.7. The predicted octanol–water partition coefficient (Wildman–Crippen LogP) is 4.64. The molecule has 0 aliphatic heterocycles. The summed E-state index contributed by atoms with van der Waals surface area (Å²) in [5, 5.41) is 3.18. The number of ether oxygens (including phenoxy) is 2. The Morgan fingerprint density at radius 1 is 0.964 bits per heavy atom. The Labute approximate surface area is 168 Å². The first kappa shape index (κ1) is 20.2. The molecule has 2 aromatic carbocycles. The molecule has 4 nitrogen and oxygen atoms in total. The summed E-state index contributed by atoms with van der Waals surface area (Å²) < 4.78 is 10.6. The van der Waals surface area contributed by atoms with Crippen LogP contribution in [-0.2, 0) is 24.1 Å². The molecule has 2 atom stereocenters. The maximum absolute atomic E-state index is 12.7. The lowest BCUT2D eigenvalue weighted by Crippen LogP contribution is -2.32. The Bertz CT molecular complexity index is 831. The summed E-state index contributed by atoms with van der Waals surface area (Å²) in [5.74, 6) is 1.33. The predicted molar refractivity (Wildman–Crippen MR) is 112 cm³/mol. The summed E-state index contributed by atoms with van der Waals surface area (Å²) in [6, 6.07) is 12.5. The van der Waals surface area contributed by atoms with Crippen molar-refractivity contribution in [3.63, 3.8) is 0 Å². The van der Waals surface area contributed by atoms with Gasteiger partial charge in [-0.15, -0.1) is 0 Å². The number of rotatable bonds is 7. The van der Waals surface area contributed by atoms with Crippen molar-refractivity contribution < 1.29 is 14.3 Å². The lowest BCUT2D eigenvalue weighted by Gasteiger charge is -2.21. The summed E-state index contributed by atoms with van der Waals surface area (Å²) in [6.45, 7) is 4.03. The maximum Gasteiger partial charge on any atom is 0.223 e. The van der Waals surface area contributed by atoms with Crippen LogP contribution in [0, 0.1) is 5.92 Å². The molecule has 3 rings (SSSR count). The molecule has 1 aliphatic carbocycles. The number of hydrogen-bond acceptors (Lipinski definition) is 3. The van der Waals surface area contributed by atoms with Crippen LogP contribution in [0.2, 0.25) is 0 Å². The highest BCUT2D eigenvalue weighted by atomic mass is 16.5. The van der Waals surface area contributed by atoms with Crippen LogP contribution in [0.15, 0.2) is 36.4 Å². The smallest absolute Gasteiger partial charge is 0.223 e. The second-order valence-electron chi connectivity index (χ2n) is 7.76. The Balaban J connectivity index is 1.62. The van der Waals surface area contributed by atoms with E-state index in [0.29, 0.717) is 17.9 Å². The summed E-state index contributed by atoms with van der Waals surface area (Å²) in [7, 11) is 3.24. The molecule has 2 aromatic rings. The van der Waals surface area contributed by atoms with E-state index in [1.807, 2.05) is 25.1 Å². The van der Waals surface area contributed by atoms with Gasteiger partial charge in [-0.25, -0.2) is 0 Å². The monoisotopic (exact) mass is 381 g/mol. The number of nitrogens with one attached hydrogen (secondary N) is 1. The number of carbonyl (C=O) groups excluding carboxylic acids is 1. The van der Waals surface area contributed by atoms with Gasteiger partial charge in [0.05, 0.1) is 20.3 Å². The van der Waals surface area contributed by atoms with Crippen molar-refractivity contribution in [1.82, 2.24) is 5.32 Å². The van der Waals surface area contributed by atoms with Gasteiger partial charge in [-0.2, -0.15) is 0 Å². The van der Waals surface area contributed by atoms with Crippen molar-refractivity contribution in [3.05, 3.63) is 58.7 Å². The van der Waals surface area contributed by atoms with Crippen molar-refractivity contribution in [3.8, 4) is 11.5 Å². The molecule has 0 aromatic heterocycles. The minimum atomic E-state index is -0.127. The molecule has 4 heteroatoms. The van der Waals surface area contributed by atoms with E-state index < -0.39 is 0 Å². The van der Waals surface area contributed by atoms with Crippen LogP contribution >= 0.6 is 0 Å². The van der Waals surface area contributed by atoms with Crippen LogP contribution in [0.4, 0.5) is 0 Å². The molecule has 2 unspecified atom stereocenters. The minimum Gasteiger partial charge on any atom is -0.493 e. The maximum atomic E-state index is 12.7. The van der Waals surface area contributed by atoms with Gasteiger partial charge in [0.15, 0.2) is 11.5 Å². The van der Waals surface area contributed by atoms with E-state index in [2.05, 4.69) is 30.4 Å². The van der Waals surface area contributed by atoms with Crippen LogP contribution in [0.3, 0.4) is 0 Å². The van der Waals surface area contributed by atoms with Gasteiger partial charge in [-0.3, -0.25) is 4.79 Å². The van der Waals surface area contributed by atoms with E-state index in [1.165, 1.54) is 36.0 Å². The van der Waals surface area contributed by atoms with Gasteiger partial charge in [0.25, 0.3) is 0 Å². The topological polar surface area (TPSA) is 47.6 Å². The van der Waals surface area contributed by atoms with Crippen LogP contribution in [-0.4, -0.2) is 20.1 Å². The number of benzene rings is 2. The minimum absolute atomic E-state index is 0.00702. The molecule has 1 amide bonds. The lowest BCUT2D eigenvalue weighted by molar-refractivity contribution is -0.125. The molecule has 0 saturated carbocycles. The van der Waals surface area contributed by atoms with Crippen LogP contribution < -0.4 is 14.8 Å². The molecule has 0 radical (unpaired) electrons. The zero-order valence-corrected chi connectivity index (χ0v) is 17.4. The summed E-state index contributed by atoms with van der Waals surface area (Å²) >= 11 is 0. The van der Waals surface area contributed by atoms with Crippen LogP contribution in [0.5, 0.6) is 11.5 Å². The third kappa shape index (κ3) is 4.67. The average molecular weight is 382 g/mol. The van der Waals surface area contributed by atoms with Gasteiger partial charge in [0.1, 0.15) is 0 Å². The number of methoxy groups -OCH3 is 2. The fourth-order valence-electron chi connectivity index (χ4n) is 3.92. The molecule has 1 N–H and O–H groups in total. The lowest BCUT2D eigenvalue weighted by atomic mass is 9.89. The molecule has 0 fully saturated rings. The second kappa shape index (κ2) is 9.13. The Hall–Kier alpha value is -2.49. The third-order valence-electron chi connectivity index (χ3n) is 5.67. The Kier molecular flexibility index (Phi) is 6.61. The van der Waals surface area contributed by atoms with Crippen molar-refractivity contribution in [2.45, 2.75) is 52.0 Å². The molecule has 28 heavy (non-hydrogen) atoms. The van der Waals surface area contributed by atoms with Gasteiger partial charge < -0.3 is 14.8 Å². The highest BCUT2D eigenvalue weighted by Crippen LogP contribution is 2.29. The first-order valence-corrected chi connectivity index (χ1v) is 10.1.